The van der Waals surface area contributed by atoms with Gasteiger partial charge in [0.15, 0.2) is 18.1 Å². The molecule has 2 aromatic carbocycles. The van der Waals surface area contributed by atoms with E-state index in [9.17, 15) is 14.7 Å². The van der Waals surface area contributed by atoms with E-state index in [0.29, 0.717) is 23.0 Å². The van der Waals surface area contributed by atoms with Crippen LogP contribution >= 0.6 is 0 Å². The summed E-state index contributed by atoms with van der Waals surface area (Å²) in [5.41, 5.74) is 3.71. The Bertz CT molecular complexity index is 817. The van der Waals surface area contributed by atoms with Gasteiger partial charge in [-0.2, -0.15) is 5.10 Å². The van der Waals surface area contributed by atoms with Crippen LogP contribution in [0.25, 0.3) is 0 Å². The van der Waals surface area contributed by atoms with Crippen molar-refractivity contribution in [1.29, 1.82) is 0 Å². The Balaban J connectivity index is 1.86. The van der Waals surface area contributed by atoms with Crippen molar-refractivity contribution in [1.82, 2.24) is 5.43 Å². The van der Waals surface area contributed by atoms with Gasteiger partial charge in [0.1, 0.15) is 12.4 Å². The molecule has 8 nitrogen and oxygen atoms in total. The lowest BCUT2D eigenvalue weighted by atomic mass is 10.1. The average Bonchev–Trinajstić information content (AvgIpc) is 2.69. The summed E-state index contributed by atoms with van der Waals surface area (Å²) in [7, 11) is 1.52. The molecule has 0 fully saturated rings. The highest BCUT2D eigenvalue weighted by Gasteiger charge is 2.07. The zero-order valence-corrected chi connectivity index (χ0v) is 14.9. The highest BCUT2D eigenvalue weighted by atomic mass is 16.5. The molecule has 0 unspecified atom stereocenters. The Hall–Kier alpha value is -3.55. The van der Waals surface area contributed by atoms with Crippen molar-refractivity contribution in [2.75, 3.05) is 20.3 Å². The van der Waals surface area contributed by atoms with Crippen LogP contribution in [0.5, 0.6) is 17.2 Å². The lowest BCUT2D eigenvalue weighted by molar-refractivity contribution is -0.307. The number of hydrogen-bond donors (Lipinski definition) is 1. The molecule has 8 heteroatoms. The third kappa shape index (κ3) is 6.35. The van der Waals surface area contributed by atoms with Crippen LogP contribution in [-0.4, -0.2) is 37.9 Å². The molecule has 0 aliphatic carbocycles. The van der Waals surface area contributed by atoms with Crippen molar-refractivity contribution in [3.8, 4) is 17.2 Å². The smallest absolute Gasteiger partial charge is 0.277 e. The Morgan fingerprint density at radius 3 is 2.30 bits per heavy atom. The number of hydrazone groups is 1. The predicted octanol–water partition coefficient (Wildman–Crippen LogP) is 0.743. The molecule has 0 atom stereocenters. The van der Waals surface area contributed by atoms with E-state index in [1.54, 1.807) is 55.5 Å². The first-order valence-corrected chi connectivity index (χ1v) is 8.01. The van der Waals surface area contributed by atoms with Crippen LogP contribution in [0.3, 0.4) is 0 Å². The van der Waals surface area contributed by atoms with Crippen molar-refractivity contribution < 1.29 is 28.9 Å². The maximum absolute atomic E-state index is 11.9. The van der Waals surface area contributed by atoms with Crippen LogP contribution < -0.4 is 24.7 Å². The summed E-state index contributed by atoms with van der Waals surface area (Å²) in [6, 6.07) is 13.6. The maximum atomic E-state index is 11.9. The van der Waals surface area contributed by atoms with Crippen molar-refractivity contribution in [2.24, 2.45) is 5.10 Å². The number of rotatable bonds is 9. The highest BCUT2D eigenvalue weighted by Crippen LogP contribution is 2.25. The van der Waals surface area contributed by atoms with E-state index in [0.717, 1.165) is 5.56 Å². The van der Waals surface area contributed by atoms with Gasteiger partial charge in [0.25, 0.3) is 5.91 Å². The first-order chi connectivity index (χ1) is 13.0. The second-order valence-corrected chi connectivity index (χ2v) is 5.36. The van der Waals surface area contributed by atoms with E-state index in [4.69, 9.17) is 14.2 Å². The van der Waals surface area contributed by atoms with Gasteiger partial charge in [0, 0.05) is 0 Å². The molecule has 0 spiro atoms. The van der Waals surface area contributed by atoms with E-state index in [1.807, 2.05) is 0 Å². The summed E-state index contributed by atoms with van der Waals surface area (Å²) in [5, 5.41) is 14.4. The molecule has 0 aliphatic heterocycles. The monoisotopic (exact) mass is 371 g/mol. The van der Waals surface area contributed by atoms with Gasteiger partial charge in [-0.15, -0.1) is 0 Å². The van der Waals surface area contributed by atoms with Crippen LogP contribution in [0.2, 0.25) is 0 Å². The first kappa shape index (κ1) is 19.8. The standard InChI is InChI=1S/C19H20N2O6/c1-13(14-7-9-15(10-8-14)26-12-19(23)24)20-21-18(22)11-27-17-6-4-3-5-16(17)25-2/h3-10H,11-12H2,1-2H3,(H,21,22)(H,23,24)/p-1/b20-13-. The second-order valence-electron chi connectivity index (χ2n) is 5.36. The summed E-state index contributed by atoms with van der Waals surface area (Å²) < 4.78 is 15.6. The van der Waals surface area contributed by atoms with Gasteiger partial charge in [-0.05, 0) is 48.9 Å². The van der Waals surface area contributed by atoms with Gasteiger partial charge in [0.2, 0.25) is 0 Å². The SMILES string of the molecule is COc1ccccc1OCC(=O)N/N=C(/C)c1ccc(OCC(=O)[O-])cc1. The third-order valence-corrected chi connectivity index (χ3v) is 3.40. The Morgan fingerprint density at radius 1 is 1.00 bits per heavy atom. The van der Waals surface area contributed by atoms with E-state index < -0.39 is 18.5 Å². The molecular weight excluding hydrogens is 352 g/mol. The van der Waals surface area contributed by atoms with Gasteiger partial charge in [0.05, 0.1) is 18.8 Å². The number of carbonyl (C=O) groups is 2. The highest BCUT2D eigenvalue weighted by molar-refractivity contribution is 5.99. The van der Waals surface area contributed by atoms with Crippen LogP contribution in [-0.2, 0) is 9.59 Å². The summed E-state index contributed by atoms with van der Waals surface area (Å²) in [4.78, 5) is 22.3. The predicted molar refractivity (Wildman–Crippen MR) is 95.8 cm³/mol. The van der Waals surface area contributed by atoms with Gasteiger partial charge in [-0.3, -0.25) is 4.79 Å². The van der Waals surface area contributed by atoms with Gasteiger partial charge in [-0.1, -0.05) is 12.1 Å². The molecule has 0 saturated carbocycles. The lowest BCUT2D eigenvalue weighted by Gasteiger charge is -2.09. The zero-order chi connectivity index (χ0) is 19.6. The number of carboxylic acid groups (broad SMARTS) is 1. The Morgan fingerprint density at radius 2 is 1.67 bits per heavy atom. The number of para-hydroxylation sites is 2. The van der Waals surface area contributed by atoms with Crippen molar-refractivity contribution >= 4 is 17.6 Å². The van der Waals surface area contributed by atoms with Gasteiger partial charge in [-0.25, -0.2) is 5.43 Å². The van der Waals surface area contributed by atoms with Crippen LogP contribution in [0, 0.1) is 0 Å². The molecule has 0 aliphatic rings. The minimum atomic E-state index is -1.30. The number of nitrogens with one attached hydrogen (secondary N) is 1. The average molecular weight is 371 g/mol. The van der Waals surface area contributed by atoms with Crippen molar-refractivity contribution in [3.63, 3.8) is 0 Å². The Labute approximate surface area is 156 Å². The number of ether oxygens (including phenoxy) is 3. The fourth-order valence-electron chi connectivity index (χ4n) is 2.06. The largest absolute Gasteiger partial charge is 0.546 e. The van der Waals surface area contributed by atoms with Crippen LogP contribution in [0.1, 0.15) is 12.5 Å². The van der Waals surface area contributed by atoms with E-state index >= 15 is 0 Å². The molecule has 0 radical (unpaired) electrons. The molecular formula is C19H19N2O6-. The number of aliphatic carboxylic acids is 1. The second kappa shape index (κ2) is 9.81. The molecule has 1 N–H and O–H groups in total. The molecule has 27 heavy (non-hydrogen) atoms. The molecule has 0 heterocycles. The quantitative estimate of drug-likeness (QED) is 0.514. The molecule has 0 aromatic heterocycles. The lowest BCUT2D eigenvalue weighted by Crippen LogP contribution is -2.28. The van der Waals surface area contributed by atoms with Gasteiger partial charge >= 0.3 is 0 Å². The number of hydrogen-bond acceptors (Lipinski definition) is 7. The number of methoxy groups -OCH3 is 1. The minimum absolute atomic E-state index is 0.215. The first-order valence-electron chi connectivity index (χ1n) is 8.01. The van der Waals surface area contributed by atoms with E-state index in [-0.39, 0.29) is 6.61 Å². The normalized spacial score (nSPS) is 10.8. The number of nitrogens with zero attached hydrogens (tertiary/aromatic N) is 1. The van der Waals surface area contributed by atoms with Crippen molar-refractivity contribution in [3.05, 3.63) is 54.1 Å². The van der Waals surface area contributed by atoms with Crippen LogP contribution in [0.4, 0.5) is 0 Å². The van der Waals surface area contributed by atoms with E-state index in [2.05, 4.69) is 10.5 Å². The molecule has 0 saturated heterocycles. The molecule has 1 amide bonds. The number of amides is 1. The Kier molecular flexibility index (Phi) is 7.18. The van der Waals surface area contributed by atoms with Crippen LogP contribution in [0.15, 0.2) is 53.6 Å². The van der Waals surface area contributed by atoms with E-state index in [1.165, 1.54) is 7.11 Å². The molecule has 0 bridgehead atoms. The summed E-state index contributed by atoms with van der Waals surface area (Å²) >= 11 is 0. The molecule has 2 rings (SSSR count). The number of carboxylic acids is 1. The number of benzene rings is 2. The van der Waals surface area contributed by atoms with Crippen molar-refractivity contribution in [2.45, 2.75) is 6.92 Å². The maximum Gasteiger partial charge on any atom is 0.277 e. The molecule has 142 valence electrons. The van der Waals surface area contributed by atoms with Gasteiger partial charge < -0.3 is 24.1 Å². The topological polar surface area (TPSA) is 109 Å². The summed E-state index contributed by atoms with van der Waals surface area (Å²) in [5.74, 6) is -0.331. The fourth-order valence-corrected chi connectivity index (χ4v) is 2.06. The minimum Gasteiger partial charge on any atom is -0.546 e. The third-order valence-electron chi connectivity index (χ3n) is 3.40. The molecule has 2 aromatic rings. The summed E-state index contributed by atoms with van der Waals surface area (Å²) in [6.45, 7) is 0.986. The zero-order valence-electron chi connectivity index (χ0n) is 14.9. The fraction of sp³-hybridized carbons (Fsp3) is 0.211. The summed E-state index contributed by atoms with van der Waals surface area (Å²) in [6.07, 6.45) is 0. The number of carbonyl (C=O) groups excluding carboxylic acids is 2.